The molecule has 1 aliphatic heterocycles. The molecule has 0 spiro atoms. The molecule has 2 aromatic rings. The van der Waals surface area contributed by atoms with Crippen molar-refractivity contribution < 1.29 is 9.53 Å². The molecule has 0 radical (unpaired) electrons. The van der Waals surface area contributed by atoms with Gasteiger partial charge >= 0.3 is 0 Å². The number of benzene rings is 1. The van der Waals surface area contributed by atoms with Crippen LogP contribution < -0.4 is 5.32 Å². The number of carbonyl (C=O) groups excluding carboxylic acids is 1. The van der Waals surface area contributed by atoms with Gasteiger partial charge in [-0.25, -0.2) is 0 Å². The molecule has 2 fully saturated rings. The number of para-hydroxylation sites is 1. The third kappa shape index (κ3) is 5.06. The Balaban J connectivity index is 1.45. The van der Waals surface area contributed by atoms with Crippen LogP contribution in [0.4, 0.5) is 0 Å². The highest BCUT2D eigenvalue weighted by atomic mass is 16.5. The summed E-state index contributed by atoms with van der Waals surface area (Å²) in [5.41, 5.74) is 3.95. The first-order chi connectivity index (χ1) is 14.8. The largest absolute Gasteiger partial charge is 0.379 e. The summed E-state index contributed by atoms with van der Waals surface area (Å²) in [4.78, 5) is 18.8. The molecule has 1 atom stereocenters. The zero-order valence-corrected chi connectivity index (χ0v) is 18.4. The second kappa shape index (κ2) is 10.5. The fourth-order valence-electron chi connectivity index (χ4n) is 5.36. The predicted octanol–water partition coefficient (Wildman–Crippen LogP) is 4.23. The lowest BCUT2D eigenvalue weighted by Gasteiger charge is -2.30. The zero-order chi connectivity index (χ0) is 20.8. The minimum absolute atomic E-state index is 0.194. The lowest BCUT2D eigenvalue weighted by Crippen LogP contribution is -2.41. The van der Waals surface area contributed by atoms with Gasteiger partial charge in [0.15, 0.2) is 0 Å². The van der Waals surface area contributed by atoms with E-state index in [1.54, 1.807) is 0 Å². The van der Waals surface area contributed by atoms with Crippen LogP contribution in [0.15, 0.2) is 24.4 Å². The highest BCUT2D eigenvalue weighted by Gasteiger charge is 2.29. The van der Waals surface area contributed by atoms with Crippen molar-refractivity contribution in [2.75, 3.05) is 39.4 Å². The first-order valence-electron chi connectivity index (χ1n) is 11.9. The maximum Gasteiger partial charge on any atom is 0.220 e. The summed E-state index contributed by atoms with van der Waals surface area (Å²) in [6, 6.07) is 6.60. The molecule has 2 heterocycles. The lowest BCUT2D eigenvalue weighted by molar-refractivity contribution is -0.121. The number of morpholine rings is 1. The van der Waals surface area contributed by atoms with Crippen LogP contribution in [0.2, 0.25) is 0 Å². The molecule has 2 aliphatic rings. The van der Waals surface area contributed by atoms with Gasteiger partial charge in [-0.3, -0.25) is 9.69 Å². The number of aromatic amines is 1. The fraction of sp³-hybridized carbons (Fsp3) is 0.640. The minimum Gasteiger partial charge on any atom is -0.379 e. The summed E-state index contributed by atoms with van der Waals surface area (Å²) in [6.45, 7) is 7.39. The van der Waals surface area contributed by atoms with Crippen molar-refractivity contribution in [1.82, 2.24) is 15.2 Å². The number of amides is 1. The number of aryl methyl sites for hydroxylation is 1. The maximum absolute atomic E-state index is 12.9. The summed E-state index contributed by atoms with van der Waals surface area (Å²) in [6.07, 6.45) is 10.2. The Bertz CT molecular complexity index is 819. The van der Waals surface area contributed by atoms with E-state index in [2.05, 4.69) is 46.5 Å². The number of nitrogens with one attached hydrogen (secondary N) is 2. The summed E-state index contributed by atoms with van der Waals surface area (Å²) in [7, 11) is 0. The number of ether oxygens (including phenoxy) is 1. The van der Waals surface area contributed by atoms with Crippen molar-refractivity contribution in [1.29, 1.82) is 0 Å². The zero-order valence-electron chi connectivity index (χ0n) is 18.4. The van der Waals surface area contributed by atoms with Crippen LogP contribution in [0, 0.1) is 5.92 Å². The molecule has 30 heavy (non-hydrogen) atoms. The first kappa shape index (κ1) is 21.4. The molecular weight excluding hydrogens is 374 g/mol. The highest BCUT2D eigenvalue weighted by molar-refractivity contribution is 5.87. The van der Waals surface area contributed by atoms with E-state index < -0.39 is 0 Å². The number of fused-ring (bicyclic) bond motifs is 1. The Labute approximate surface area is 180 Å². The van der Waals surface area contributed by atoms with Crippen molar-refractivity contribution in [2.45, 2.75) is 57.8 Å². The van der Waals surface area contributed by atoms with Crippen LogP contribution in [0.1, 0.15) is 62.5 Å². The summed E-state index contributed by atoms with van der Waals surface area (Å²) < 4.78 is 5.41. The molecule has 4 rings (SSSR count). The standard InChI is InChI=1S/C25H37N3O2/c1-2-19-9-6-10-21-23(18-27-25(19)21)22(20-7-4-3-5-8-20)17-24(29)26-11-12-28-13-15-30-16-14-28/h6,9-10,18,20,22,27H,2-5,7-8,11-17H2,1H3,(H,26,29)/t22-/m0/s1. The van der Waals surface area contributed by atoms with Gasteiger partial charge in [-0.2, -0.15) is 0 Å². The highest BCUT2D eigenvalue weighted by Crippen LogP contribution is 2.41. The summed E-state index contributed by atoms with van der Waals surface area (Å²) >= 11 is 0. The molecule has 164 valence electrons. The van der Waals surface area contributed by atoms with E-state index in [9.17, 15) is 4.79 Å². The van der Waals surface area contributed by atoms with Crippen molar-refractivity contribution >= 4 is 16.8 Å². The first-order valence-corrected chi connectivity index (χ1v) is 11.9. The smallest absolute Gasteiger partial charge is 0.220 e. The third-order valence-electron chi connectivity index (χ3n) is 7.09. The van der Waals surface area contributed by atoms with E-state index in [0.29, 0.717) is 18.3 Å². The number of nitrogens with zero attached hydrogens (tertiary/aromatic N) is 1. The number of rotatable bonds is 8. The van der Waals surface area contributed by atoms with Crippen LogP contribution in [-0.4, -0.2) is 55.2 Å². The maximum atomic E-state index is 12.9. The predicted molar refractivity (Wildman–Crippen MR) is 122 cm³/mol. The second-order valence-corrected chi connectivity index (χ2v) is 8.95. The molecule has 0 unspecified atom stereocenters. The summed E-state index contributed by atoms with van der Waals surface area (Å²) in [5.74, 6) is 1.10. The number of hydrogen-bond acceptors (Lipinski definition) is 3. The third-order valence-corrected chi connectivity index (χ3v) is 7.09. The van der Waals surface area contributed by atoms with E-state index in [1.165, 1.54) is 54.1 Å². The number of H-pyrrole nitrogens is 1. The monoisotopic (exact) mass is 411 g/mol. The van der Waals surface area contributed by atoms with Gasteiger partial charge in [0.05, 0.1) is 13.2 Å². The fourth-order valence-corrected chi connectivity index (χ4v) is 5.36. The van der Waals surface area contributed by atoms with Crippen LogP contribution in [0.3, 0.4) is 0 Å². The molecule has 5 nitrogen and oxygen atoms in total. The molecule has 1 amide bonds. The molecule has 1 aromatic carbocycles. The van der Waals surface area contributed by atoms with Gasteiger partial charge in [-0.1, -0.05) is 44.4 Å². The Morgan fingerprint density at radius 1 is 1.23 bits per heavy atom. The Morgan fingerprint density at radius 3 is 2.80 bits per heavy atom. The average Bonchev–Trinajstić information content (AvgIpc) is 3.23. The second-order valence-electron chi connectivity index (χ2n) is 8.95. The van der Waals surface area contributed by atoms with Gasteiger partial charge in [-0.15, -0.1) is 0 Å². The van der Waals surface area contributed by atoms with E-state index in [0.717, 1.165) is 45.8 Å². The molecule has 0 bridgehead atoms. The van der Waals surface area contributed by atoms with Gasteiger partial charge < -0.3 is 15.0 Å². The normalized spacial score (nSPS) is 19.8. The van der Waals surface area contributed by atoms with Gasteiger partial charge in [0.25, 0.3) is 0 Å². The molecule has 2 N–H and O–H groups in total. The number of carbonyl (C=O) groups is 1. The molecule has 1 saturated carbocycles. The van der Waals surface area contributed by atoms with Crippen LogP contribution in [0.5, 0.6) is 0 Å². The SMILES string of the molecule is CCc1cccc2c([C@@H](CC(=O)NCCN3CCOCC3)C3CCCCC3)c[nH]c12. The van der Waals surface area contributed by atoms with Crippen LogP contribution in [0.25, 0.3) is 10.9 Å². The van der Waals surface area contributed by atoms with Gasteiger partial charge in [0.2, 0.25) is 5.91 Å². The molecule has 5 heteroatoms. The molecule has 1 aliphatic carbocycles. The van der Waals surface area contributed by atoms with E-state index >= 15 is 0 Å². The number of aromatic nitrogens is 1. The van der Waals surface area contributed by atoms with Crippen molar-refractivity contribution in [3.8, 4) is 0 Å². The Hall–Kier alpha value is -1.85. The van der Waals surface area contributed by atoms with Crippen molar-refractivity contribution in [3.63, 3.8) is 0 Å². The Kier molecular flexibility index (Phi) is 7.45. The lowest BCUT2D eigenvalue weighted by atomic mass is 9.75. The van der Waals surface area contributed by atoms with Gasteiger partial charge in [-0.05, 0) is 42.2 Å². The van der Waals surface area contributed by atoms with E-state index in [4.69, 9.17) is 4.74 Å². The van der Waals surface area contributed by atoms with E-state index in [-0.39, 0.29) is 5.91 Å². The minimum atomic E-state index is 0.194. The Morgan fingerprint density at radius 2 is 2.03 bits per heavy atom. The molecular formula is C25H37N3O2. The molecule has 1 aromatic heterocycles. The van der Waals surface area contributed by atoms with Crippen molar-refractivity contribution in [3.05, 3.63) is 35.5 Å². The van der Waals surface area contributed by atoms with E-state index in [1.807, 2.05) is 0 Å². The molecule has 1 saturated heterocycles. The average molecular weight is 412 g/mol. The van der Waals surface area contributed by atoms with Gasteiger partial charge in [0.1, 0.15) is 0 Å². The van der Waals surface area contributed by atoms with Crippen LogP contribution >= 0.6 is 0 Å². The number of hydrogen-bond donors (Lipinski definition) is 2. The van der Waals surface area contributed by atoms with Gasteiger partial charge in [0, 0.05) is 49.7 Å². The quantitative estimate of drug-likeness (QED) is 0.683. The van der Waals surface area contributed by atoms with Crippen LogP contribution in [-0.2, 0) is 16.0 Å². The summed E-state index contributed by atoms with van der Waals surface area (Å²) in [5, 5.41) is 4.51. The topological polar surface area (TPSA) is 57.4 Å². The van der Waals surface area contributed by atoms with Crippen molar-refractivity contribution in [2.24, 2.45) is 5.92 Å².